The smallest absolute Gasteiger partial charge is 0.256 e. The highest BCUT2D eigenvalue weighted by Gasteiger charge is 2.32. The van der Waals surface area contributed by atoms with Crippen LogP contribution in [0.25, 0.3) is 0 Å². The fraction of sp³-hybridized carbons (Fsp3) is 0.409. The first-order valence-corrected chi connectivity index (χ1v) is 10.3. The fourth-order valence-electron chi connectivity index (χ4n) is 4.05. The Labute approximate surface area is 179 Å². The predicted octanol–water partition coefficient (Wildman–Crippen LogP) is 2.88. The lowest BCUT2D eigenvalue weighted by Crippen LogP contribution is -2.39. The van der Waals surface area contributed by atoms with E-state index < -0.39 is 0 Å². The first-order valence-electron chi connectivity index (χ1n) is 9.87. The van der Waals surface area contributed by atoms with Crippen LogP contribution in [0, 0.1) is 25.2 Å². The number of aryl methyl sites for hydroxylation is 2. The number of rotatable bonds is 4. The van der Waals surface area contributed by atoms with Crippen LogP contribution in [0.3, 0.4) is 0 Å². The Hall–Kier alpha value is -2.82. The molecule has 1 saturated heterocycles. The number of hydrogen-bond donors (Lipinski definition) is 1. The molecule has 2 aromatic rings. The number of hydrogen-bond acceptors (Lipinski definition) is 5. The predicted molar refractivity (Wildman–Crippen MR) is 111 cm³/mol. The number of amides is 1. The van der Waals surface area contributed by atoms with Crippen molar-refractivity contribution < 1.29 is 14.3 Å². The highest BCUT2D eigenvalue weighted by Crippen LogP contribution is 2.38. The molecule has 1 amide bonds. The molecule has 1 atom stereocenters. The van der Waals surface area contributed by atoms with Crippen LogP contribution in [-0.4, -0.2) is 41.7 Å². The molecule has 1 fully saturated rings. The van der Waals surface area contributed by atoms with Crippen LogP contribution in [-0.2, 0) is 17.7 Å². The largest absolute Gasteiger partial charge is 0.486 e. The number of pyridine rings is 1. The molecule has 0 saturated carbocycles. The standard InChI is InChI=1S/C22H22ClN3O4/c1-12-7-13(2)25-21(27)17(12)10-26-5-3-16-14(9-24)8-18(20(23)19(16)22(26)28)30-15-4-6-29-11-15/h7-8,15H,3-6,10-11H2,1-2H3,(H,25,27). The van der Waals surface area contributed by atoms with Gasteiger partial charge in [-0.1, -0.05) is 11.6 Å². The van der Waals surface area contributed by atoms with Crippen LogP contribution >= 0.6 is 11.6 Å². The Bertz CT molecular complexity index is 1110. The van der Waals surface area contributed by atoms with Gasteiger partial charge in [0.1, 0.15) is 11.9 Å². The van der Waals surface area contributed by atoms with E-state index in [0.717, 1.165) is 17.7 Å². The fourth-order valence-corrected chi connectivity index (χ4v) is 4.35. The second kappa shape index (κ2) is 8.13. The van der Waals surface area contributed by atoms with Crippen LogP contribution in [0.15, 0.2) is 16.9 Å². The van der Waals surface area contributed by atoms with E-state index in [0.29, 0.717) is 48.6 Å². The van der Waals surface area contributed by atoms with Gasteiger partial charge in [-0.15, -0.1) is 0 Å². The summed E-state index contributed by atoms with van der Waals surface area (Å²) in [5, 5.41) is 9.82. The van der Waals surface area contributed by atoms with Crippen molar-refractivity contribution in [3.8, 4) is 11.8 Å². The number of aromatic nitrogens is 1. The Morgan fingerprint density at radius 1 is 1.37 bits per heavy atom. The van der Waals surface area contributed by atoms with E-state index in [1.54, 1.807) is 11.0 Å². The average Bonchev–Trinajstić information content (AvgIpc) is 3.21. The summed E-state index contributed by atoms with van der Waals surface area (Å²) in [7, 11) is 0. The van der Waals surface area contributed by atoms with Crippen molar-refractivity contribution >= 4 is 17.5 Å². The maximum absolute atomic E-state index is 13.3. The minimum absolute atomic E-state index is 0.157. The molecular weight excluding hydrogens is 406 g/mol. The van der Waals surface area contributed by atoms with E-state index in [1.165, 1.54) is 0 Å². The molecule has 2 aliphatic heterocycles. The summed E-state index contributed by atoms with van der Waals surface area (Å²) in [6.45, 7) is 5.32. The van der Waals surface area contributed by atoms with Crippen LogP contribution in [0.2, 0.25) is 5.02 Å². The molecule has 0 aliphatic carbocycles. The molecule has 0 bridgehead atoms. The number of carbonyl (C=O) groups excluding carboxylic acids is 1. The lowest BCUT2D eigenvalue weighted by Gasteiger charge is -2.30. The third kappa shape index (κ3) is 3.69. The van der Waals surface area contributed by atoms with E-state index in [2.05, 4.69) is 11.1 Å². The molecule has 1 unspecified atom stereocenters. The maximum Gasteiger partial charge on any atom is 0.256 e. The summed E-state index contributed by atoms with van der Waals surface area (Å²) < 4.78 is 11.3. The van der Waals surface area contributed by atoms with Gasteiger partial charge in [0.2, 0.25) is 0 Å². The Balaban J connectivity index is 1.69. The SMILES string of the molecule is Cc1cc(C)c(CN2CCc3c(C#N)cc(OC4CCOC4)c(Cl)c3C2=O)c(=O)[nH]1. The number of nitriles is 1. The molecule has 0 spiro atoms. The van der Waals surface area contributed by atoms with Gasteiger partial charge in [-0.05, 0) is 43.5 Å². The minimum atomic E-state index is -0.301. The number of halogens is 1. The molecule has 4 rings (SSSR count). The van der Waals surface area contributed by atoms with Gasteiger partial charge in [-0.25, -0.2) is 0 Å². The van der Waals surface area contributed by atoms with Crippen molar-refractivity contribution in [2.45, 2.75) is 39.3 Å². The first-order chi connectivity index (χ1) is 14.4. The lowest BCUT2D eigenvalue weighted by atomic mass is 9.93. The zero-order valence-corrected chi connectivity index (χ0v) is 17.6. The first kappa shape index (κ1) is 20.5. The summed E-state index contributed by atoms with van der Waals surface area (Å²) in [6.07, 6.45) is 1.06. The summed E-state index contributed by atoms with van der Waals surface area (Å²) in [5.74, 6) is 0.0206. The third-order valence-corrected chi connectivity index (χ3v) is 5.99. The molecule has 2 aliphatic rings. The molecule has 7 nitrogen and oxygen atoms in total. The average molecular weight is 428 g/mol. The van der Waals surface area contributed by atoms with Crippen molar-refractivity contribution in [1.82, 2.24) is 9.88 Å². The summed E-state index contributed by atoms with van der Waals surface area (Å²) in [5.41, 5.74) is 3.26. The molecule has 156 valence electrons. The molecule has 0 radical (unpaired) electrons. The van der Waals surface area contributed by atoms with Gasteiger partial charge in [0.15, 0.2) is 0 Å². The number of nitrogens with zero attached hydrogens (tertiary/aromatic N) is 2. The second-order valence-electron chi connectivity index (χ2n) is 7.72. The van der Waals surface area contributed by atoms with Gasteiger partial charge in [-0.2, -0.15) is 5.26 Å². The van der Waals surface area contributed by atoms with Crippen molar-refractivity contribution in [2.75, 3.05) is 19.8 Å². The van der Waals surface area contributed by atoms with Gasteiger partial charge >= 0.3 is 0 Å². The monoisotopic (exact) mass is 427 g/mol. The Kier molecular flexibility index (Phi) is 5.54. The Morgan fingerprint density at radius 3 is 2.83 bits per heavy atom. The molecule has 1 N–H and O–H groups in total. The zero-order chi connectivity index (χ0) is 21.4. The number of carbonyl (C=O) groups is 1. The van der Waals surface area contributed by atoms with Crippen LogP contribution in [0.4, 0.5) is 0 Å². The van der Waals surface area contributed by atoms with E-state index in [-0.39, 0.29) is 34.7 Å². The van der Waals surface area contributed by atoms with E-state index >= 15 is 0 Å². The van der Waals surface area contributed by atoms with Crippen LogP contribution in [0.1, 0.15) is 44.7 Å². The zero-order valence-electron chi connectivity index (χ0n) is 16.9. The van der Waals surface area contributed by atoms with Crippen molar-refractivity contribution in [3.63, 3.8) is 0 Å². The van der Waals surface area contributed by atoms with E-state index in [1.807, 2.05) is 19.9 Å². The van der Waals surface area contributed by atoms with Gasteiger partial charge in [-0.3, -0.25) is 9.59 Å². The van der Waals surface area contributed by atoms with Crippen molar-refractivity contribution in [3.05, 3.63) is 61.0 Å². The minimum Gasteiger partial charge on any atom is -0.486 e. The van der Waals surface area contributed by atoms with Crippen LogP contribution < -0.4 is 10.3 Å². The quantitative estimate of drug-likeness (QED) is 0.809. The molecule has 1 aromatic heterocycles. The maximum atomic E-state index is 13.3. The number of aromatic amines is 1. The number of fused-ring (bicyclic) bond motifs is 1. The summed E-state index contributed by atoms with van der Waals surface area (Å²) in [6, 6.07) is 5.65. The van der Waals surface area contributed by atoms with Gasteiger partial charge in [0, 0.05) is 24.2 Å². The summed E-state index contributed by atoms with van der Waals surface area (Å²) >= 11 is 6.59. The number of H-pyrrole nitrogens is 1. The van der Waals surface area contributed by atoms with Gasteiger partial charge in [0.25, 0.3) is 11.5 Å². The highest BCUT2D eigenvalue weighted by molar-refractivity contribution is 6.35. The highest BCUT2D eigenvalue weighted by atomic mass is 35.5. The normalized spacial score (nSPS) is 18.3. The second-order valence-corrected chi connectivity index (χ2v) is 8.10. The van der Waals surface area contributed by atoms with Crippen molar-refractivity contribution in [1.29, 1.82) is 5.26 Å². The molecule has 8 heteroatoms. The van der Waals surface area contributed by atoms with E-state index in [4.69, 9.17) is 21.1 Å². The number of ether oxygens (including phenoxy) is 2. The molecular formula is C22H22ClN3O4. The number of nitrogens with one attached hydrogen (secondary N) is 1. The van der Waals surface area contributed by atoms with Crippen LogP contribution in [0.5, 0.6) is 5.75 Å². The topological polar surface area (TPSA) is 95.4 Å². The van der Waals surface area contributed by atoms with Gasteiger partial charge in [0.05, 0.1) is 42.0 Å². The van der Waals surface area contributed by atoms with Gasteiger partial charge < -0.3 is 19.4 Å². The van der Waals surface area contributed by atoms with E-state index in [9.17, 15) is 14.9 Å². The number of benzene rings is 1. The molecule has 1 aromatic carbocycles. The lowest BCUT2D eigenvalue weighted by molar-refractivity contribution is 0.0725. The Morgan fingerprint density at radius 2 is 2.17 bits per heavy atom. The molecule has 3 heterocycles. The van der Waals surface area contributed by atoms with Crippen molar-refractivity contribution in [2.24, 2.45) is 0 Å². The summed E-state index contributed by atoms with van der Waals surface area (Å²) in [4.78, 5) is 30.1. The molecule has 30 heavy (non-hydrogen) atoms. The third-order valence-electron chi connectivity index (χ3n) is 5.62.